The first kappa shape index (κ1) is 26.9. The van der Waals surface area contributed by atoms with E-state index in [9.17, 15) is 9.59 Å². The largest absolute Gasteiger partial charge is 0.490 e. The number of benzene rings is 2. The Morgan fingerprint density at radius 1 is 1.20 bits per heavy atom. The maximum atomic E-state index is 13.5. The minimum atomic E-state index is -0.266. The lowest BCUT2D eigenvalue weighted by atomic mass is 10.1. The lowest BCUT2D eigenvalue weighted by Crippen LogP contribution is -2.47. The Bertz CT molecular complexity index is 1670. The Kier molecular flexibility index (Phi) is 7.61. The summed E-state index contributed by atoms with van der Waals surface area (Å²) in [7, 11) is 0. The molecule has 0 amide bonds. The Morgan fingerprint density at radius 2 is 2.02 bits per heavy atom. The molecule has 0 aliphatic carbocycles. The van der Waals surface area contributed by atoms with E-state index < -0.39 is 0 Å². The molecule has 2 aromatic heterocycles. The quantitative estimate of drug-likeness (QED) is 0.347. The zero-order valence-electron chi connectivity index (χ0n) is 23.3. The Balaban J connectivity index is 1.55. The van der Waals surface area contributed by atoms with E-state index in [1.807, 2.05) is 34.3 Å². The Labute approximate surface area is 238 Å². The molecule has 1 saturated heterocycles. The number of nitrogens with one attached hydrogen (secondary N) is 1. The molecule has 4 heterocycles. The fourth-order valence-electron chi connectivity index (χ4n) is 6.19. The Morgan fingerprint density at radius 3 is 2.80 bits per heavy atom. The molecular weight excluding hydrogens is 522 g/mol. The molecule has 0 radical (unpaired) electrons. The first-order valence-corrected chi connectivity index (χ1v) is 15.2. The summed E-state index contributed by atoms with van der Waals surface area (Å²) in [5.41, 5.74) is 3.10. The topological polar surface area (TPSA) is 83.5 Å². The number of likely N-dealkylation sites (tertiary alicyclic amines) is 1. The van der Waals surface area contributed by atoms with Crippen molar-refractivity contribution in [1.29, 1.82) is 0 Å². The fourth-order valence-corrected chi connectivity index (χ4v) is 7.40. The van der Waals surface area contributed by atoms with E-state index in [2.05, 4.69) is 41.3 Å². The van der Waals surface area contributed by atoms with Crippen LogP contribution in [-0.2, 0) is 13.1 Å². The highest BCUT2D eigenvalue weighted by Crippen LogP contribution is 2.32. The van der Waals surface area contributed by atoms with Gasteiger partial charge in [-0.1, -0.05) is 43.1 Å². The van der Waals surface area contributed by atoms with Crippen molar-refractivity contribution in [1.82, 2.24) is 23.7 Å². The number of hydrogen-bond donors (Lipinski definition) is 1. The second-order valence-electron chi connectivity index (χ2n) is 11.1. The molecule has 8 nitrogen and oxygen atoms in total. The highest BCUT2D eigenvalue weighted by atomic mass is 32.1. The minimum absolute atomic E-state index is 0.0355. The molecule has 2 aliphatic heterocycles. The zero-order chi connectivity index (χ0) is 27.8. The van der Waals surface area contributed by atoms with E-state index in [4.69, 9.17) is 9.72 Å². The molecule has 2 unspecified atom stereocenters. The van der Waals surface area contributed by atoms with Crippen LogP contribution in [0.3, 0.4) is 0 Å². The lowest BCUT2D eigenvalue weighted by molar-refractivity contribution is 0.101. The van der Waals surface area contributed by atoms with Crippen LogP contribution in [0.2, 0.25) is 0 Å². The number of aromatic amines is 1. The van der Waals surface area contributed by atoms with Crippen molar-refractivity contribution in [3.05, 3.63) is 69.3 Å². The zero-order valence-corrected chi connectivity index (χ0v) is 24.1. The number of fused-ring (bicyclic) bond motifs is 3. The van der Waals surface area contributed by atoms with Crippen molar-refractivity contribution in [2.45, 2.75) is 64.7 Å². The van der Waals surface area contributed by atoms with Crippen LogP contribution in [0, 0.1) is 0 Å². The summed E-state index contributed by atoms with van der Waals surface area (Å²) in [6.45, 7) is 13.0. The molecular formula is C31H37N5O3S. The van der Waals surface area contributed by atoms with Crippen molar-refractivity contribution in [3.63, 3.8) is 0 Å². The number of aromatic nitrogens is 3. The molecule has 1 N–H and O–H groups in total. The van der Waals surface area contributed by atoms with Gasteiger partial charge in [0.2, 0.25) is 0 Å². The number of hydrogen-bond acceptors (Lipinski definition) is 7. The molecule has 1 fully saturated rings. The van der Waals surface area contributed by atoms with Crippen LogP contribution >= 0.6 is 11.5 Å². The van der Waals surface area contributed by atoms with E-state index in [0.717, 1.165) is 36.3 Å². The van der Waals surface area contributed by atoms with E-state index in [1.54, 1.807) is 0 Å². The summed E-state index contributed by atoms with van der Waals surface area (Å²) in [5, 5.41) is 0.613. The van der Waals surface area contributed by atoms with Crippen molar-refractivity contribution in [2.24, 2.45) is 0 Å². The maximum absolute atomic E-state index is 13.5. The van der Waals surface area contributed by atoms with Gasteiger partial charge in [-0.3, -0.25) is 23.3 Å². The summed E-state index contributed by atoms with van der Waals surface area (Å²) in [6.07, 6.45) is 6.51. The van der Waals surface area contributed by atoms with Gasteiger partial charge in [0.1, 0.15) is 23.6 Å². The van der Waals surface area contributed by atoms with Gasteiger partial charge < -0.3 is 9.72 Å². The van der Waals surface area contributed by atoms with E-state index in [-0.39, 0.29) is 23.2 Å². The third-order valence-corrected chi connectivity index (χ3v) is 9.47. The normalized spacial score (nSPS) is 20.6. The fraction of sp³-hybridized carbons (Fsp3) is 0.452. The SMILES string of the molecule is C=CCN1C(C)Cn2sc3c(cccc3c2=O)-c2nc3c(cc(CN4CCCCC4)cc3[nH]c2=O)OCC1CC. The molecule has 6 rings (SSSR count). The second kappa shape index (κ2) is 11.3. The number of rotatable bonds is 5. The molecule has 0 spiro atoms. The second-order valence-corrected chi connectivity index (χ2v) is 12.1. The van der Waals surface area contributed by atoms with Gasteiger partial charge in [-0.05, 0) is 63.0 Å². The van der Waals surface area contributed by atoms with E-state index in [1.165, 1.54) is 30.8 Å². The minimum Gasteiger partial charge on any atom is -0.490 e. The summed E-state index contributed by atoms with van der Waals surface area (Å²) in [4.78, 5) is 39.8. The smallest absolute Gasteiger partial charge is 0.275 e. The summed E-state index contributed by atoms with van der Waals surface area (Å²) in [6, 6.07) is 9.87. The predicted octanol–water partition coefficient (Wildman–Crippen LogP) is 5.00. The van der Waals surface area contributed by atoms with Gasteiger partial charge in [0, 0.05) is 30.7 Å². The molecule has 2 aliphatic rings. The molecule has 4 bridgehead atoms. The molecule has 9 heteroatoms. The van der Waals surface area contributed by atoms with Crippen LogP contribution in [0.4, 0.5) is 0 Å². The average Bonchev–Trinajstić information content (AvgIpc) is 3.27. The molecule has 0 saturated carbocycles. The van der Waals surface area contributed by atoms with Gasteiger partial charge in [0.05, 0.1) is 22.1 Å². The van der Waals surface area contributed by atoms with Crippen LogP contribution in [-0.4, -0.2) is 62.0 Å². The van der Waals surface area contributed by atoms with Crippen molar-refractivity contribution >= 4 is 32.7 Å². The first-order chi connectivity index (χ1) is 19.5. The standard InChI is InChI=1S/C31H37N5O3S/c1-4-12-35-20(3)17-36-31(38)24-11-9-10-23(29(24)40-36)27-30(37)32-25-15-21(18-34-13-7-6-8-14-34)16-26(28(25)33-27)39-19-22(35)5-2/h4,9-11,15-16,20,22H,1,5-8,12-14,17-19H2,2-3H3,(H,32,37). The van der Waals surface area contributed by atoms with Crippen LogP contribution < -0.4 is 15.9 Å². The van der Waals surface area contributed by atoms with Crippen molar-refractivity contribution < 1.29 is 4.74 Å². The monoisotopic (exact) mass is 559 g/mol. The predicted molar refractivity (Wildman–Crippen MR) is 163 cm³/mol. The van der Waals surface area contributed by atoms with E-state index >= 15 is 0 Å². The van der Waals surface area contributed by atoms with E-state index in [0.29, 0.717) is 53.1 Å². The summed E-state index contributed by atoms with van der Waals surface area (Å²) < 4.78 is 9.19. The maximum Gasteiger partial charge on any atom is 0.275 e. The van der Waals surface area contributed by atoms with Gasteiger partial charge in [-0.25, -0.2) is 4.98 Å². The molecule has 210 valence electrons. The van der Waals surface area contributed by atoms with Crippen LogP contribution in [0.25, 0.3) is 32.4 Å². The molecule has 40 heavy (non-hydrogen) atoms. The molecule has 2 aromatic carbocycles. The number of piperidine rings is 1. The number of nitrogens with zero attached hydrogens (tertiary/aromatic N) is 4. The van der Waals surface area contributed by atoms with Gasteiger partial charge in [0.25, 0.3) is 11.1 Å². The van der Waals surface area contributed by atoms with Gasteiger partial charge in [-0.15, -0.1) is 6.58 Å². The summed E-state index contributed by atoms with van der Waals surface area (Å²) in [5.74, 6) is 0.682. The van der Waals surface area contributed by atoms with Gasteiger partial charge in [-0.2, -0.15) is 0 Å². The Hall–Kier alpha value is -3.27. The first-order valence-electron chi connectivity index (χ1n) is 14.4. The number of H-pyrrole nitrogens is 1. The van der Waals surface area contributed by atoms with Crippen LogP contribution in [0.1, 0.15) is 45.1 Å². The third kappa shape index (κ3) is 5.02. The summed E-state index contributed by atoms with van der Waals surface area (Å²) >= 11 is 1.41. The van der Waals surface area contributed by atoms with Gasteiger partial charge in [0.15, 0.2) is 0 Å². The highest BCUT2D eigenvalue weighted by molar-refractivity contribution is 7.14. The third-order valence-electron chi connectivity index (χ3n) is 8.31. The van der Waals surface area contributed by atoms with Crippen molar-refractivity contribution in [2.75, 3.05) is 26.2 Å². The lowest BCUT2D eigenvalue weighted by Gasteiger charge is -2.35. The van der Waals surface area contributed by atoms with Gasteiger partial charge >= 0.3 is 0 Å². The average molecular weight is 560 g/mol. The number of ether oxygens (including phenoxy) is 1. The van der Waals surface area contributed by atoms with Crippen molar-refractivity contribution in [3.8, 4) is 17.0 Å². The molecule has 4 aromatic rings. The molecule has 2 atom stereocenters. The van der Waals surface area contributed by atoms with Crippen LogP contribution in [0.15, 0.2) is 52.6 Å². The highest BCUT2D eigenvalue weighted by Gasteiger charge is 2.26. The van der Waals surface area contributed by atoms with Crippen LogP contribution in [0.5, 0.6) is 5.75 Å².